The van der Waals surface area contributed by atoms with E-state index in [4.69, 9.17) is 34.3 Å². The Labute approximate surface area is 119 Å². The van der Waals surface area contributed by atoms with Crippen molar-refractivity contribution in [3.05, 3.63) is 28.3 Å². The molecule has 0 aliphatic rings. The normalized spacial score (nSPS) is 10.7. The highest BCUT2D eigenvalue weighted by atomic mass is 35.5. The minimum atomic E-state index is 0.386. The van der Waals surface area contributed by atoms with E-state index < -0.39 is 0 Å². The van der Waals surface area contributed by atoms with E-state index in [-0.39, 0.29) is 0 Å². The molecule has 0 saturated carbocycles. The third-order valence-electron chi connectivity index (χ3n) is 2.74. The molecule has 0 aliphatic heterocycles. The number of benzene rings is 1. The number of aryl methyl sites for hydroxylation is 1. The lowest BCUT2D eigenvalue weighted by Gasteiger charge is -2.14. The van der Waals surface area contributed by atoms with Crippen molar-refractivity contribution < 1.29 is 4.74 Å². The van der Waals surface area contributed by atoms with Crippen LogP contribution in [0.15, 0.2) is 12.1 Å². The fourth-order valence-corrected chi connectivity index (χ4v) is 2.28. The van der Waals surface area contributed by atoms with Crippen LogP contribution in [0, 0.1) is 6.92 Å². The van der Waals surface area contributed by atoms with Gasteiger partial charge in [0.25, 0.3) is 0 Å². The van der Waals surface area contributed by atoms with Crippen molar-refractivity contribution in [3.8, 4) is 5.75 Å². The van der Waals surface area contributed by atoms with Crippen molar-refractivity contribution in [3.63, 3.8) is 0 Å². The van der Waals surface area contributed by atoms with Gasteiger partial charge in [-0.05, 0) is 42.5 Å². The highest BCUT2D eigenvalue weighted by Gasteiger charge is 2.10. The van der Waals surface area contributed by atoms with Gasteiger partial charge in [-0.2, -0.15) is 0 Å². The second kappa shape index (κ2) is 6.95. The summed E-state index contributed by atoms with van der Waals surface area (Å²) >= 11 is 11.0. The molecule has 1 aromatic carbocycles. The molecule has 0 amide bonds. The molecule has 2 N–H and O–H groups in total. The summed E-state index contributed by atoms with van der Waals surface area (Å²) in [6.45, 7) is 6.86. The van der Waals surface area contributed by atoms with Gasteiger partial charge in [0.05, 0.1) is 11.6 Å². The second-order valence-corrected chi connectivity index (χ2v) is 5.64. The number of ether oxygens (including phenoxy) is 1. The number of halogens is 1. The molecule has 0 saturated heterocycles. The van der Waals surface area contributed by atoms with E-state index in [0.29, 0.717) is 17.5 Å². The first-order chi connectivity index (χ1) is 8.41. The summed E-state index contributed by atoms with van der Waals surface area (Å²) in [4.78, 5) is 0.536. The molecule has 0 spiro atoms. The Hall–Kier alpha value is -0.800. The molecule has 0 heterocycles. The van der Waals surface area contributed by atoms with Gasteiger partial charge < -0.3 is 10.5 Å². The Kier molecular flexibility index (Phi) is 5.89. The summed E-state index contributed by atoms with van der Waals surface area (Å²) in [5, 5.41) is 0.804. The summed E-state index contributed by atoms with van der Waals surface area (Å²) in [6, 6.07) is 3.99. The first kappa shape index (κ1) is 15.3. The predicted octanol–water partition coefficient (Wildman–Crippen LogP) is 4.22. The molecule has 2 nitrogen and oxygen atoms in total. The van der Waals surface area contributed by atoms with Gasteiger partial charge >= 0.3 is 0 Å². The first-order valence-corrected chi connectivity index (χ1v) is 6.91. The van der Waals surface area contributed by atoms with Gasteiger partial charge in [0, 0.05) is 11.4 Å². The fraction of sp³-hybridized carbons (Fsp3) is 0.500. The molecule has 0 radical (unpaired) electrons. The molecule has 0 aromatic heterocycles. The number of hydrogen-bond acceptors (Lipinski definition) is 2. The van der Waals surface area contributed by atoms with Crippen LogP contribution in [-0.2, 0) is 0 Å². The largest absolute Gasteiger partial charge is 0.493 e. The van der Waals surface area contributed by atoms with Gasteiger partial charge in [0.2, 0.25) is 0 Å². The van der Waals surface area contributed by atoms with Crippen molar-refractivity contribution in [1.82, 2.24) is 0 Å². The van der Waals surface area contributed by atoms with Crippen LogP contribution in [-0.4, -0.2) is 11.6 Å². The van der Waals surface area contributed by atoms with Gasteiger partial charge in [-0.1, -0.05) is 37.7 Å². The summed E-state index contributed by atoms with van der Waals surface area (Å²) in [6.07, 6.45) is 1.56. The SMILES string of the molecule is Cc1cc(Cl)c(C(C)C)cc1OCCCC(N)=S. The highest BCUT2D eigenvalue weighted by Crippen LogP contribution is 2.31. The van der Waals surface area contributed by atoms with Crippen LogP contribution in [0.1, 0.15) is 43.7 Å². The standard InChI is InChI=1S/C14H20ClNOS/c1-9(2)11-8-13(10(3)7-12(11)15)17-6-4-5-14(16)18/h7-9H,4-6H2,1-3H3,(H2,16,18). The molecule has 0 atom stereocenters. The molecule has 0 aliphatic carbocycles. The Bertz CT molecular complexity index is 432. The van der Waals surface area contributed by atoms with E-state index >= 15 is 0 Å². The average Bonchev–Trinajstić information content (AvgIpc) is 2.25. The third kappa shape index (κ3) is 4.46. The van der Waals surface area contributed by atoms with Crippen molar-refractivity contribution >= 4 is 28.8 Å². The number of rotatable bonds is 6. The van der Waals surface area contributed by atoms with E-state index in [9.17, 15) is 0 Å². The van der Waals surface area contributed by atoms with Crippen LogP contribution in [0.3, 0.4) is 0 Å². The molecule has 18 heavy (non-hydrogen) atoms. The fourth-order valence-electron chi connectivity index (χ4n) is 1.70. The van der Waals surface area contributed by atoms with Crippen molar-refractivity contribution in [2.45, 2.75) is 39.5 Å². The summed E-state index contributed by atoms with van der Waals surface area (Å²) in [5.74, 6) is 1.28. The topological polar surface area (TPSA) is 35.2 Å². The van der Waals surface area contributed by atoms with E-state index in [1.165, 1.54) is 0 Å². The Balaban J connectivity index is 2.70. The van der Waals surface area contributed by atoms with Gasteiger partial charge in [-0.25, -0.2) is 0 Å². The van der Waals surface area contributed by atoms with E-state index in [1.54, 1.807) is 0 Å². The van der Waals surface area contributed by atoms with Crippen LogP contribution < -0.4 is 10.5 Å². The van der Waals surface area contributed by atoms with E-state index in [0.717, 1.165) is 34.7 Å². The van der Waals surface area contributed by atoms with Gasteiger partial charge in [-0.3, -0.25) is 0 Å². The lowest BCUT2D eigenvalue weighted by Crippen LogP contribution is -2.10. The number of hydrogen-bond donors (Lipinski definition) is 1. The monoisotopic (exact) mass is 285 g/mol. The summed E-state index contributed by atoms with van der Waals surface area (Å²) in [5.41, 5.74) is 7.62. The van der Waals surface area contributed by atoms with Crippen molar-refractivity contribution in [1.29, 1.82) is 0 Å². The molecule has 100 valence electrons. The highest BCUT2D eigenvalue weighted by molar-refractivity contribution is 7.80. The maximum atomic E-state index is 6.21. The molecule has 0 unspecified atom stereocenters. The lowest BCUT2D eigenvalue weighted by molar-refractivity contribution is 0.311. The zero-order chi connectivity index (χ0) is 13.7. The molecular weight excluding hydrogens is 266 g/mol. The smallest absolute Gasteiger partial charge is 0.122 e. The molecule has 0 fully saturated rings. The zero-order valence-corrected chi connectivity index (χ0v) is 12.7. The third-order valence-corrected chi connectivity index (χ3v) is 3.27. The van der Waals surface area contributed by atoms with Crippen molar-refractivity contribution in [2.75, 3.05) is 6.61 Å². The molecular formula is C14H20ClNOS. The van der Waals surface area contributed by atoms with Crippen LogP contribution in [0.25, 0.3) is 0 Å². The Morgan fingerprint density at radius 3 is 2.67 bits per heavy atom. The lowest BCUT2D eigenvalue weighted by atomic mass is 10.0. The van der Waals surface area contributed by atoms with Crippen molar-refractivity contribution in [2.24, 2.45) is 5.73 Å². The van der Waals surface area contributed by atoms with E-state index in [1.807, 2.05) is 19.1 Å². The van der Waals surface area contributed by atoms with Crippen LogP contribution >= 0.6 is 23.8 Å². The van der Waals surface area contributed by atoms with Gasteiger partial charge in [0.1, 0.15) is 5.75 Å². The molecule has 1 aromatic rings. The predicted molar refractivity (Wildman–Crippen MR) is 81.8 cm³/mol. The Morgan fingerprint density at radius 2 is 2.11 bits per heavy atom. The van der Waals surface area contributed by atoms with Gasteiger partial charge in [0.15, 0.2) is 0 Å². The molecule has 1 rings (SSSR count). The number of thiocarbonyl (C=S) groups is 1. The number of nitrogens with two attached hydrogens (primary N) is 1. The van der Waals surface area contributed by atoms with E-state index in [2.05, 4.69) is 13.8 Å². The summed E-state index contributed by atoms with van der Waals surface area (Å²) < 4.78 is 5.76. The second-order valence-electron chi connectivity index (χ2n) is 4.71. The maximum Gasteiger partial charge on any atom is 0.122 e. The quantitative estimate of drug-likeness (QED) is 0.628. The minimum absolute atomic E-state index is 0.386. The average molecular weight is 286 g/mol. The van der Waals surface area contributed by atoms with Crippen LogP contribution in [0.4, 0.5) is 0 Å². The molecule has 0 bridgehead atoms. The Morgan fingerprint density at radius 1 is 1.44 bits per heavy atom. The van der Waals surface area contributed by atoms with Gasteiger partial charge in [-0.15, -0.1) is 0 Å². The first-order valence-electron chi connectivity index (χ1n) is 6.13. The molecule has 4 heteroatoms. The van der Waals surface area contributed by atoms with Crippen LogP contribution in [0.2, 0.25) is 5.02 Å². The zero-order valence-electron chi connectivity index (χ0n) is 11.1. The minimum Gasteiger partial charge on any atom is -0.493 e. The maximum absolute atomic E-state index is 6.21. The summed E-state index contributed by atoms with van der Waals surface area (Å²) in [7, 11) is 0. The van der Waals surface area contributed by atoms with Crippen LogP contribution in [0.5, 0.6) is 5.75 Å².